The van der Waals surface area contributed by atoms with E-state index in [9.17, 15) is 0 Å². The second-order valence-corrected chi connectivity index (χ2v) is 5.46. The van der Waals surface area contributed by atoms with Gasteiger partial charge in [-0.1, -0.05) is 65.7 Å². The van der Waals surface area contributed by atoms with Crippen molar-refractivity contribution in [2.75, 3.05) is 6.61 Å². The molecule has 1 saturated heterocycles. The lowest BCUT2D eigenvalue weighted by molar-refractivity contribution is 0.380. The van der Waals surface area contributed by atoms with Crippen molar-refractivity contribution in [1.29, 1.82) is 0 Å². The van der Waals surface area contributed by atoms with Gasteiger partial charge in [0.15, 0.2) is 0 Å². The maximum atomic E-state index is 5.28. The molecule has 0 aliphatic carbocycles. The van der Waals surface area contributed by atoms with E-state index in [1.807, 2.05) is 0 Å². The second kappa shape index (κ2) is 8.11. The summed E-state index contributed by atoms with van der Waals surface area (Å²) < 4.78 is 5.28. The highest BCUT2D eigenvalue weighted by molar-refractivity contribution is 4.94. The first-order chi connectivity index (χ1) is 7.74. The van der Waals surface area contributed by atoms with E-state index in [0.717, 1.165) is 12.5 Å². The lowest BCUT2D eigenvalue weighted by Gasteiger charge is -2.18. The minimum Gasteiger partial charge on any atom is -0.373 e. The molecule has 0 amide bonds. The Labute approximate surface area is 102 Å². The molecule has 1 heterocycles. The Kier molecular flexibility index (Phi) is 7.11. The van der Waals surface area contributed by atoms with Gasteiger partial charge >= 0.3 is 0 Å². The van der Waals surface area contributed by atoms with Gasteiger partial charge in [0.25, 0.3) is 0 Å². The Morgan fingerprint density at radius 2 is 1.81 bits per heavy atom. The second-order valence-electron chi connectivity index (χ2n) is 5.46. The average Bonchev–Trinajstić information content (AvgIpc) is 3.06. The van der Waals surface area contributed by atoms with Crippen molar-refractivity contribution < 1.29 is 4.74 Å². The van der Waals surface area contributed by atoms with Gasteiger partial charge in [-0.05, 0) is 18.3 Å². The average molecular weight is 225 g/mol. The zero-order valence-electron chi connectivity index (χ0n) is 11.4. The predicted molar refractivity (Wildman–Crippen MR) is 70.4 cm³/mol. The smallest absolute Gasteiger partial charge is 0.0815 e. The maximum absolute atomic E-state index is 5.28. The van der Waals surface area contributed by atoms with Gasteiger partial charge in [0.1, 0.15) is 0 Å². The summed E-state index contributed by atoms with van der Waals surface area (Å²) in [5.74, 6) is 2.45. The molecule has 1 nitrogen and oxygen atoms in total. The standard InChI is InChI=1S/C15H29O/c1-4-5-6-7-8-9-10-13(2)14(3)11-15-12-16-15/h13,15H,4-12H2,1-3H3. The van der Waals surface area contributed by atoms with Crippen LogP contribution in [0.4, 0.5) is 0 Å². The third-order valence-electron chi connectivity index (χ3n) is 3.78. The van der Waals surface area contributed by atoms with Gasteiger partial charge in [-0.3, -0.25) is 0 Å². The molecule has 0 aromatic heterocycles. The van der Waals surface area contributed by atoms with Crippen molar-refractivity contribution in [2.45, 2.75) is 78.2 Å². The largest absolute Gasteiger partial charge is 0.373 e. The Balaban J connectivity index is 1.90. The van der Waals surface area contributed by atoms with Crippen LogP contribution in [0.25, 0.3) is 0 Å². The molecule has 0 aromatic rings. The zero-order chi connectivity index (χ0) is 11.8. The van der Waals surface area contributed by atoms with Gasteiger partial charge in [0.2, 0.25) is 0 Å². The summed E-state index contributed by atoms with van der Waals surface area (Å²) >= 11 is 0. The third-order valence-corrected chi connectivity index (χ3v) is 3.78. The molecule has 0 saturated carbocycles. The molecule has 16 heavy (non-hydrogen) atoms. The van der Waals surface area contributed by atoms with Crippen LogP contribution in [0.15, 0.2) is 0 Å². The molecule has 0 spiro atoms. The topological polar surface area (TPSA) is 12.5 Å². The van der Waals surface area contributed by atoms with Crippen LogP contribution in [-0.2, 0) is 4.74 Å². The van der Waals surface area contributed by atoms with Crippen LogP contribution in [0, 0.1) is 11.8 Å². The summed E-state index contributed by atoms with van der Waals surface area (Å²) in [6.45, 7) is 7.97. The van der Waals surface area contributed by atoms with Gasteiger partial charge in [0.05, 0.1) is 12.7 Å². The van der Waals surface area contributed by atoms with Crippen molar-refractivity contribution in [3.8, 4) is 0 Å². The highest BCUT2D eigenvalue weighted by atomic mass is 16.6. The van der Waals surface area contributed by atoms with Crippen LogP contribution in [0.2, 0.25) is 0 Å². The minimum absolute atomic E-state index is 0.576. The van der Waals surface area contributed by atoms with Gasteiger partial charge in [-0.25, -0.2) is 0 Å². The number of epoxide rings is 1. The summed E-state index contributed by atoms with van der Waals surface area (Å²) in [6, 6.07) is 0. The van der Waals surface area contributed by atoms with Gasteiger partial charge in [-0.2, -0.15) is 0 Å². The molecule has 1 rings (SSSR count). The lowest BCUT2D eigenvalue weighted by Crippen LogP contribution is -2.08. The Morgan fingerprint density at radius 1 is 1.19 bits per heavy atom. The molecule has 1 radical (unpaired) electrons. The molecule has 0 aromatic carbocycles. The Morgan fingerprint density at radius 3 is 2.44 bits per heavy atom. The fraction of sp³-hybridized carbons (Fsp3) is 0.933. The molecule has 1 fully saturated rings. The van der Waals surface area contributed by atoms with Gasteiger partial charge in [0, 0.05) is 0 Å². The fourth-order valence-corrected chi connectivity index (χ4v) is 2.22. The minimum atomic E-state index is 0.576. The van der Waals surface area contributed by atoms with Gasteiger partial charge in [-0.15, -0.1) is 0 Å². The first kappa shape index (κ1) is 14.0. The number of unbranched alkanes of at least 4 members (excludes halogenated alkanes) is 5. The molecule has 2 atom stereocenters. The van der Waals surface area contributed by atoms with Crippen LogP contribution in [0.3, 0.4) is 0 Å². The summed E-state index contributed by atoms with van der Waals surface area (Å²) in [5, 5.41) is 0. The van der Waals surface area contributed by atoms with E-state index in [1.165, 1.54) is 51.4 Å². The SMILES string of the molecule is CCCCCCCCC(C)[C](C)CC1CO1. The lowest BCUT2D eigenvalue weighted by atomic mass is 9.87. The van der Waals surface area contributed by atoms with Crippen molar-refractivity contribution in [3.05, 3.63) is 5.92 Å². The molecule has 1 aliphatic heterocycles. The monoisotopic (exact) mass is 225 g/mol. The van der Waals surface area contributed by atoms with Crippen molar-refractivity contribution in [1.82, 2.24) is 0 Å². The molecule has 1 heteroatoms. The van der Waals surface area contributed by atoms with Crippen LogP contribution < -0.4 is 0 Å². The number of hydrogen-bond donors (Lipinski definition) is 0. The number of ether oxygens (including phenoxy) is 1. The molecule has 0 N–H and O–H groups in total. The molecule has 0 bridgehead atoms. The molecular formula is C15H29O. The summed E-state index contributed by atoms with van der Waals surface area (Å²) in [6.07, 6.45) is 11.6. The van der Waals surface area contributed by atoms with Gasteiger partial charge < -0.3 is 4.74 Å². The highest BCUT2D eigenvalue weighted by Crippen LogP contribution is 2.29. The Bertz CT molecular complexity index is 163. The third kappa shape index (κ3) is 6.52. The fourth-order valence-electron chi connectivity index (χ4n) is 2.22. The molecular weight excluding hydrogens is 196 g/mol. The van der Waals surface area contributed by atoms with Crippen molar-refractivity contribution in [2.24, 2.45) is 5.92 Å². The van der Waals surface area contributed by atoms with Crippen molar-refractivity contribution >= 4 is 0 Å². The van der Waals surface area contributed by atoms with Crippen LogP contribution in [-0.4, -0.2) is 12.7 Å². The zero-order valence-corrected chi connectivity index (χ0v) is 11.4. The summed E-state index contributed by atoms with van der Waals surface area (Å²) in [4.78, 5) is 0. The highest BCUT2D eigenvalue weighted by Gasteiger charge is 2.26. The summed E-state index contributed by atoms with van der Waals surface area (Å²) in [7, 11) is 0. The van der Waals surface area contributed by atoms with Crippen LogP contribution in [0.5, 0.6) is 0 Å². The first-order valence-electron chi connectivity index (χ1n) is 7.18. The van der Waals surface area contributed by atoms with E-state index in [2.05, 4.69) is 20.8 Å². The maximum Gasteiger partial charge on any atom is 0.0815 e. The van der Waals surface area contributed by atoms with Crippen LogP contribution >= 0.6 is 0 Å². The molecule has 1 aliphatic rings. The van der Waals surface area contributed by atoms with E-state index in [1.54, 1.807) is 5.92 Å². The van der Waals surface area contributed by atoms with Crippen LogP contribution in [0.1, 0.15) is 72.1 Å². The number of rotatable bonds is 10. The van der Waals surface area contributed by atoms with E-state index in [4.69, 9.17) is 4.74 Å². The van der Waals surface area contributed by atoms with E-state index in [-0.39, 0.29) is 0 Å². The summed E-state index contributed by atoms with van der Waals surface area (Å²) in [5.41, 5.74) is 0. The number of hydrogen-bond acceptors (Lipinski definition) is 1. The van der Waals surface area contributed by atoms with E-state index >= 15 is 0 Å². The Hall–Kier alpha value is -0.0400. The molecule has 2 unspecified atom stereocenters. The molecule has 95 valence electrons. The quantitative estimate of drug-likeness (QED) is 0.386. The van der Waals surface area contributed by atoms with Crippen molar-refractivity contribution in [3.63, 3.8) is 0 Å². The predicted octanol–water partition coefficient (Wildman–Crippen LogP) is 4.76. The van der Waals surface area contributed by atoms with E-state index in [0.29, 0.717) is 6.10 Å². The van der Waals surface area contributed by atoms with E-state index < -0.39 is 0 Å². The normalized spacial score (nSPS) is 21.4. The first-order valence-corrected chi connectivity index (χ1v) is 7.18.